The minimum Gasteiger partial charge on any atom is -0.468 e. The third kappa shape index (κ3) is 2.28. The second-order valence-corrected chi connectivity index (χ2v) is 4.00. The number of ether oxygens (including phenoxy) is 2. The summed E-state index contributed by atoms with van der Waals surface area (Å²) < 4.78 is 22.0. The van der Waals surface area contributed by atoms with Gasteiger partial charge >= 0.3 is 11.9 Å². The molecule has 7 heteroatoms. The van der Waals surface area contributed by atoms with E-state index in [9.17, 15) is 14.0 Å². The van der Waals surface area contributed by atoms with E-state index in [0.29, 0.717) is 0 Å². The number of carbonyl (C=O) groups excluding carboxylic acids is 2. The topological polar surface area (TPSA) is 65.5 Å². The standard InChI is InChI=1S/C11H11ClFNO4/c1-11(9(15)17-2,10(16)18-3)8-7(12)4-6(13)5-14-8/h4-5H,1-3H3. The van der Waals surface area contributed by atoms with Crippen molar-refractivity contribution in [2.75, 3.05) is 14.2 Å². The molecule has 0 amide bonds. The smallest absolute Gasteiger partial charge is 0.329 e. The number of methoxy groups -OCH3 is 2. The van der Waals surface area contributed by atoms with Crippen molar-refractivity contribution in [2.45, 2.75) is 12.3 Å². The first-order chi connectivity index (χ1) is 8.37. The van der Waals surface area contributed by atoms with Gasteiger partial charge in [-0.3, -0.25) is 14.6 Å². The highest BCUT2D eigenvalue weighted by Gasteiger charge is 2.48. The lowest BCUT2D eigenvalue weighted by Gasteiger charge is -2.23. The summed E-state index contributed by atoms with van der Waals surface area (Å²) in [7, 11) is 2.22. The van der Waals surface area contributed by atoms with Crippen molar-refractivity contribution in [3.63, 3.8) is 0 Å². The Morgan fingerprint density at radius 2 is 1.83 bits per heavy atom. The first kappa shape index (κ1) is 14.4. The molecular formula is C11H11ClFNO4. The molecule has 0 unspecified atom stereocenters. The number of hydrogen-bond acceptors (Lipinski definition) is 5. The van der Waals surface area contributed by atoms with Crippen LogP contribution in [0, 0.1) is 5.82 Å². The number of halogens is 2. The van der Waals surface area contributed by atoms with Crippen LogP contribution in [0.2, 0.25) is 5.02 Å². The largest absolute Gasteiger partial charge is 0.468 e. The van der Waals surface area contributed by atoms with Crippen molar-refractivity contribution >= 4 is 23.5 Å². The molecule has 0 saturated carbocycles. The molecule has 1 rings (SSSR count). The summed E-state index contributed by atoms with van der Waals surface area (Å²) in [6, 6.07) is 0.952. The molecule has 1 aromatic rings. The minimum atomic E-state index is -1.84. The molecule has 0 aliphatic rings. The van der Waals surface area contributed by atoms with Crippen LogP contribution in [-0.4, -0.2) is 31.1 Å². The molecule has 0 atom stereocenters. The van der Waals surface area contributed by atoms with Crippen LogP contribution in [-0.2, 0) is 24.5 Å². The van der Waals surface area contributed by atoms with E-state index in [1.54, 1.807) is 0 Å². The second kappa shape index (κ2) is 5.30. The Morgan fingerprint density at radius 3 is 2.22 bits per heavy atom. The molecule has 0 bridgehead atoms. The van der Waals surface area contributed by atoms with Gasteiger partial charge in [-0.15, -0.1) is 0 Å². The highest BCUT2D eigenvalue weighted by molar-refractivity contribution is 6.32. The van der Waals surface area contributed by atoms with Crippen molar-refractivity contribution in [2.24, 2.45) is 0 Å². The molecule has 0 radical (unpaired) electrons. The van der Waals surface area contributed by atoms with Crippen molar-refractivity contribution < 1.29 is 23.5 Å². The Kier molecular flexibility index (Phi) is 4.24. The van der Waals surface area contributed by atoms with Crippen LogP contribution in [0.15, 0.2) is 12.3 Å². The van der Waals surface area contributed by atoms with Crippen LogP contribution < -0.4 is 0 Å². The molecule has 1 heterocycles. The van der Waals surface area contributed by atoms with Gasteiger partial charge in [0, 0.05) is 0 Å². The van der Waals surface area contributed by atoms with Crippen LogP contribution in [0.3, 0.4) is 0 Å². The van der Waals surface area contributed by atoms with Crippen molar-refractivity contribution in [3.05, 3.63) is 28.8 Å². The van der Waals surface area contributed by atoms with Gasteiger partial charge in [0.25, 0.3) is 0 Å². The SMILES string of the molecule is COC(=O)C(C)(C(=O)OC)c1ncc(F)cc1Cl. The summed E-state index contributed by atoms with van der Waals surface area (Å²) in [5.41, 5.74) is -1.96. The maximum absolute atomic E-state index is 12.9. The van der Waals surface area contributed by atoms with Gasteiger partial charge in [-0.1, -0.05) is 11.6 Å². The lowest BCUT2D eigenvalue weighted by atomic mass is 9.86. The molecule has 0 N–H and O–H groups in total. The fourth-order valence-corrected chi connectivity index (χ4v) is 1.81. The second-order valence-electron chi connectivity index (χ2n) is 3.59. The molecule has 18 heavy (non-hydrogen) atoms. The van der Waals surface area contributed by atoms with Crippen molar-refractivity contribution in [1.82, 2.24) is 4.98 Å². The third-order valence-corrected chi connectivity index (χ3v) is 2.76. The van der Waals surface area contributed by atoms with Gasteiger partial charge in [-0.25, -0.2) is 4.39 Å². The minimum absolute atomic E-state index is 0.121. The molecule has 98 valence electrons. The third-order valence-electron chi connectivity index (χ3n) is 2.47. The first-order valence-corrected chi connectivity index (χ1v) is 5.24. The van der Waals surface area contributed by atoms with Gasteiger partial charge in [-0.2, -0.15) is 0 Å². The number of esters is 2. The number of pyridine rings is 1. The monoisotopic (exact) mass is 275 g/mol. The van der Waals surface area contributed by atoms with E-state index in [1.165, 1.54) is 6.92 Å². The van der Waals surface area contributed by atoms with Crippen LogP contribution in [0.1, 0.15) is 12.6 Å². The summed E-state index contributed by atoms with van der Waals surface area (Å²) in [5.74, 6) is -2.47. The summed E-state index contributed by atoms with van der Waals surface area (Å²) in [5, 5.41) is -0.159. The molecule has 0 aliphatic heterocycles. The Morgan fingerprint density at radius 1 is 1.33 bits per heavy atom. The summed E-state index contributed by atoms with van der Waals surface area (Å²) in [6.45, 7) is 1.25. The number of hydrogen-bond donors (Lipinski definition) is 0. The quantitative estimate of drug-likeness (QED) is 0.617. The Hall–Kier alpha value is -1.69. The van der Waals surface area contributed by atoms with E-state index in [0.717, 1.165) is 26.5 Å². The molecule has 0 aliphatic carbocycles. The average Bonchev–Trinajstić information content (AvgIpc) is 2.35. The molecule has 0 spiro atoms. The highest BCUT2D eigenvalue weighted by atomic mass is 35.5. The predicted molar refractivity (Wildman–Crippen MR) is 60.6 cm³/mol. The molecule has 0 fully saturated rings. The Balaban J connectivity index is 3.44. The van der Waals surface area contributed by atoms with Gasteiger partial charge in [-0.05, 0) is 13.0 Å². The van der Waals surface area contributed by atoms with E-state index < -0.39 is 23.2 Å². The zero-order chi connectivity index (χ0) is 13.9. The number of aromatic nitrogens is 1. The Bertz CT molecular complexity index is 476. The molecule has 5 nitrogen and oxygen atoms in total. The fraction of sp³-hybridized carbons (Fsp3) is 0.364. The maximum Gasteiger partial charge on any atom is 0.329 e. The number of nitrogens with zero attached hydrogens (tertiary/aromatic N) is 1. The maximum atomic E-state index is 12.9. The van der Waals surface area contributed by atoms with E-state index >= 15 is 0 Å². The first-order valence-electron chi connectivity index (χ1n) is 4.86. The van der Waals surface area contributed by atoms with Gasteiger partial charge in [0.05, 0.1) is 31.1 Å². The molecule has 0 aromatic carbocycles. The summed E-state index contributed by atoms with van der Waals surface area (Å²) >= 11 is 5.80. The molecule has 1 aromatic heterocycles. The fourth-order valence-electron chi connectivity index (χ4n) is 1.47. The van der Waals surface area contributed by atoms with Gasteiger partial charge in [0.2, 0.25) is 5.41 Å². The van der Waals surface area contributed by atoms with Crippen LogP contribution in [0.4, 0.5) is 4.39 Å². The molecule has 0 saturated heterocycles. The van der Waals surface area contributed by atoms with Crippen molar-refractivity contribution in [3.8, 4) is 0 Å². The number of rotatable bonds is 3. The van der Waals surface area contributed by atoms with Gasteiger partial charge in [0.1, 0.15) is 5.82 Å². The lowest BCUT2D eigenvalue weighted by molar-refractivity contribution is -0.161. The zero-order valence-corrected chi connectivity index (χ0v) is 10.7. The highest BCUT2D eigenvalue weighted by Crippen LogP contribution is 2.31. The van der Waals surface area contributed by atoms with Crippen LogP contribution in [0.5, 0.6) is 0 Å². The predicted octanol–water partition coefficient (Wildman–Crippen LogP) is 1.48. The van der Waals surface area contributed by atoms with Crippen LogP contribution in [0.25, 0.3) is 0 Å². The number of carbonyl (C=O) groups is 2. The van der Waals surface area contributed by atoms with E-state index in [-0.39, 0.29) is 10.7 Å². The molecular weight excluding hydrogens is 265 g/mol. The van der Waals surface area contributed by atoms with Crippen LogP contribution >= 0.6 is 11.6 Å². The van der Waals surface area contributed by atoms with Gasteiger partial charge in [0.15, 0.2) is 0 Å². The normalized spacial score (nSPS) is 10.9. The Labute approximate surface area is 108 Å². The summed E-state index contributed by atoms with van der Waals surface area (Å²) in [4.78, 5) is 27.2. The van der Waals surface area contributed by atoms with Gasteiger partial charge < -0.3 is 9.47 Å². The lowest BCUT2D eigenvalue weighted by Crippen LogP contribution is -2.43. The zero-order valence-electron chi connectivity index (χ0n) is 9.99. The van der Waals surface area contributed by atoms with E-state index in [2.05, 4.69) is 14.5 Å². The van der Waals surface area contributed by atoms with E-state index in [4.69, 9.17) is 11.6 Å². The summed E-state index contributed by atoms with van der Waals surface area (Å²) in [6.07, 6.45) is 0.853. The van der Waals surface area contributed by atoms with Crippen molar-refractivity contribution in [1.29, 1.82) is 0 Å². The van der Waals surface area contributed by atoms with E-state index in [1.807, 2.05) is 0 Å². The average molecular weight is 276 g/mol.